The summed E-state index contributed by atoms with van der Waals surface area (Å²) in [4.78, 5) is 13.1. The highest BCUT2D eigenvalue weighted by Gasteiger charge is 2.18. The highest BCUT2D eigenvalue weighted by molar-refractivity contribution is 5.94. The van der Waals surface area contributed by atoms with Crippen LogP contribution in [0.25, 0.3) is 0 Å². The summed E-state index contributed by atoms with van der Waals surface area (Å²) in [6.45, 7) is 4.54. The molecule has 1 aromatic rings. The third-order valence-corrected chi connectivity index (χ3v) is 2.23. The van der Waals surface area contributed by atoms with Gasteiger partial charge in [0.1, 0.15) is 0 Å². The Morgan fingerprint density at radius 3 is 2.40 bits per heavy atom. The molecule has 0 saturated carbocycles. The zero-order valence-corrected chi connectivity index (χ0v) is 8.76. The summed E-state index contributed by atoms with van der Waals surface area (Å²) < 4.78 is 26.1. The fourth-order valence-electron chi connectivity index (χ4n) is 1.35. The molecule has 0 fully saturated rings. The third-order valence-electron chi connectivity index (χ3n) is 2.23. The summed E-state index contributed by atoms with van der Waals surface area (Å²) >= 11 is 0. The van der Waals surface area contributed by atoms with Gasteiger partial charge in [0.05, 0.1) is 5.56 Å². The summed E-state index contributed by atoms with van der Waals surface area (Å²) in [5, 5.41) is 0. The number of hydrogen-bond acceptors (Lipinski definition) is 1. The molecule has 0 saturated heterocycles. The van der Waals surface area contributed by atoms with E-state index in [0.717, 1.165) is 6.07 Å². The van der Waals surface area contributed by atoms with Crippen molar-refractivity contribution in [2.75, 3.05) is 13.1 Å². The monoisotopic (exact) mass is 213 g/mol. The first-order valence-electron chi connectivity index (χ1n) is 4.85. The first-order chi connectivity index (χ1) is 7.11. The Kier molecular flexibility index (Phi) is 3.77. The lowest BCUT2D eigenvalue weighted by molar-refractivity contribution is 0.0767. The second-order valence-corrected chi connectivity index (χ2v) is 3.08. The highest BCUT2D eigenvalue weighted by Crippen LogP contribution is 2.13. The van der Waals surface area contributed by atoms with Gasteiger partial charge < -0.3 is 4.90 Å². The van der Waals surface area contributed by atoms with Gasteiger partial charge in [0.25, 0.3) is 5.91 Å². The summed E-state index contributed by atoms with van der Waals surface area (Å²) in [5.41, 5.74) is -0.210. The van der Waals surface area contributed by atoms with E-state index in [1.54, 1.807) is 13.8 Å². The van der Waals surface area contributed by atoms with Gasteiger partial charge in [0.15, 0.2) is 11.6 Å². The van der Waals surface area contributed by atoms with Crippen LogP contribution in [0.5, 0.6) is 0 Å². The molecule has 0 unspecified atom stereocenters. The zero-order chi connectivity index (χ0) is 11.4. The molecule has 15 heavy (non-hydrogen) atoms. The van der Waals surface area contributed by atoms with Crippen LogP contribution in [0.4, 0.5) is 8.78 Å². The Morgan fingerprint density at radius 1 is 1.27 bits per heavy atom. The van der Waals surface area contributed by atoms with Crippen molar-refractivity contribution in [3.8, 4) is 0 Å². The molecule has 0 heterocycles. The predicted octanol–water partition coefficient (Wildman–Crippen LogP) is 2.45. The first-order valence-corrected chi connectivity index (χ1v) is 4.85. The predicted molar refractivity (Wildman–Crippen MR) is 53.6 cm³/mol. The largest absolute Gasteiger partial charge is 0.339 e. The molecule has 2 nitrogen and oxygen atoms in total. The Morgan fingerprint density at radius 2 is 1.87 bits per heavy atom. The number of carbonyl (C=O) groups is 1. The molecule has 0 aliphatic rings. The average molecular weight is 213 g/mol. The molecule has 0 aliphatic heterocycles. The highest BCUT2D eigenvalue weighted by atomic mass is 19.2. The van der Waals surface area contributed by atoms with Crippen LogP contribution >= 0.6 is 0 Å². The lowest BCUT2D eigenvalue weighted by atomic mass is 10.2. The molecule has 0 N–H and O–H groups in total. The maximum Gasteiger partial charge on any atom is 0.256 e. The minimum Gasteiger partial charge on any atom is -0.339 e. The van der Waals surface area contributed by atoms with Gasteiger partial charge in [-0.05, 0) is 26.0 Å². The van der Waals surface area contributed by atoms with Crippen molar-refractivity contribution in [3.05, 3.63) is 35.4 Å². The van der Waals surface area contributed by atoms with Gasteiger partial charge in [0, 0.05) is 13.1 Å². The zero-order valence-electron chi connectivity index (χ0n) is 8.76. The van der Waals surface area contributed by atoms with Gasteiger partial charge in [-0.3, -0.25) is 4.79 Å². The van der Waals surface area contributed by atoms with Crippen LogP contribution in [0.1, 0.15) is 24.2 Å². The second-order valence-electron chi connectivity index (χ2n) is 3.08. The minimum absolute atomic E-state index is 0.210. The van der Waals surface area contributed by atoms with Crippen molar-refractivity contribution >= 4 is 5.91 Å². The van der Waals surface area contributed by atoms with E-state index in [9.17, 15) is 13.6 Å². The summed E-state index contributed by atoms with van der Waals surface area (Å²) in [6, 6.07) is 3.61. The standard InChI is InChI=1S/C11H13F2NO/c1-3-14(4-2)11(15)8-6-5-7-9(12)10(8)13/h5-7H,3-4H2,1-2H3. The van der Waals surface area contributed by atoms with Crippen LogP contribution < -0.4 is 0 Å². The number of amides is 1. The number of nitrogens with zero attached hydrogens (tertiary/aromatic N) is 1. The van der Waals surface area contributed by atoms with Crippen LogP contribution in [-0.4, -0.2) is 23.9 Å². The van der Waals surface area contributed by atoms with E-state index in [-0.39, 0.29) is 5.56 Å². The molecule has 0 aromatic heterocycles. The van der Waals surface area contributed by atoms with E-state index >= 15 is 0 Å². The van der Waals surface area contributed by atoms with Gasteiger partial charge in [-0.1, -0.05) is 6.07 Å². The van der Waals surface area contributed by atoms with Crippen LogP contribution in [0, 0.1) is 11.6 Å². The SMILES string of the molecule is CCN(CC)C(=O)c1cccc(F)c1F. The lowest BCUT2D eigenvalue weighted by Crippen LogP contribution is -2.31. The van der Waals surface area contributed by atoms with Crippen molar-refractivity contribution in [1.82, 2.24) is 4.90 Å². The van der Waals surface area contributed by atoms with Crippen LogP contribution in [0.3, 0.4) is 0 Å². The smallest absolute Gasteiger partial charge is 0.256 e. The maximum atomic E-state index is 13.3. The van der Waals surface area contributed by atoms with Gasteiger partial charge in [-0.15, -0.1) is 0 Å². The molecule has 0 spiro atoms. The molecular formula is C11H13F2NO. The molecule has 1 aromatic carbocycles. The van der Waals surface area contributed by atoms with Gasteiger partial charge in [-0.2, -0.15) is 0 Å². The Balaban J connectivity index is 3.05. The molecule has 82 valence electrons. The number of rotatable bonds is 3. The molecule has 0 atom stereocenters. The van der Waals surface area contributed by atoms with E-state index in [0.29, 0.717) is 13.1 Å². The van der Waals surface area contributed by atoms with E-state index in [1.807, 2.05) is 0 Å². The van der Waals surface area contributed by atoms with Crippen molar-refractivity contribution in [2.24, 2.45) is 0 Å². The Labute approximate surface area is 87.5 Å². The van der Waals surface area contributed by atoms with Gasteiger partial charge >= 0.3 is 0 Å². The molecule has 1 amide bonds. The van der Waals surface area contributed by atoms with Gasteiger partial charge in [0.2, 0.25) is 0 Å². The number of halogens is 2. The summed E-state index contributed by atoms with van der Waals surface area (Å²) in [5.74, 6) is -2.54. The number of hydrogen-bond donors (Lipinski definition) is 0. The van der Waals surface area contributed by atoms with Crippen LogP contribution in [0.15, 0.2) is 18.2 Å². The third kappa shape index (κ3) is 2.32. The van der Waals surface area contributed by atoms with E-state index in [2.05, 4.69) is 0 Å². The quantitative estimate of drug-likeness (QED) is 0.755. The van der Waals surface area contributed by atoms with E-state index in [1.165, 1.54) is 17.0 Å². The second kappa shape index (κ2) is 4.87. The normalized spacial score (nSPS) is 10.1. The molecule has 0 aliphatic carbocycles. The number of benzene rings is 1. The average Bonchev–Trinajstić information content (AvgIpc) is 2.23. The fourth-order valence-corrected chi connectivity index (χ4v) is 1.35. The van der Waals surface area contributed by atoms with Crippen molar-refractivity contribution in [1.29, 1.82) is 0 Å². The van der Waals surface area contributed by atoms with E-state index < -0.39 is 17.5 Å². The maximum absolute atomic E-state index is 13.3. The van der Waals surface area contributed by atoms with Crippen molar-refractivity contribution < 1.29 is 13.6 Å². The molecule has 0 bridgehead atoms. The summed E-state index contributed by atoms with van der Waals surface area (Å²) in [7, 11) is 0. The molecular weight excluding hydrogens is 200 g/mol. The molecule has 4 heteroatoms. The Hall–Kier alpha value is -1.45. The van der Waals surface area contributed by atoms with Crippen LogP contribution in [-0.2, 0) is 0 Å². The first kappa shape index (κ1) is 11.6. The summed E-state index contributed by atoms with van der Waals surface area (Å²) in [6.07, 6.45) is 0. The Bertz CT molecular complexity index is 362. The number of carbonyl (C=O) groups excluding carboxylic acids is 1. The minimum atomic E-state index is -1.07. The van der Waals surface area contributed by atoms with Crippen molar-refractivity contribution in [2.45, 2.75) is 13.8 Å². The van der Waals surface area contributed by atoms with Crippen molar-refractivity contribution in [3.63, 3.8) is 0 Å². The van der Waals surface area contributed by atoms with Crippen LogP contribution in [0.2, 0.25) is 0 Å². The molecule has 1 rings (SSSR count). The van der Waals surface area contributed by atoms with E-state index in [4.69, 9.17) is 0 Å². The topological polar surface area (TPSA) is 20.3 Å². The lowest BCUT2D eigenvalue weighted by Gasteiger charge is -2.18. The van der Waals surface area contributed by atoms with Gasteiger partial charge in [-0.25, -0.2) is 8.78 Å². The molecule has 0 radical (unpaired) electrons. The fraction of sp³-hybridized carbons (Fsp3) is 0.364.